The molecule has 1 amide bonds. The largest absolute Gasteiger partial charge is 0.387 e. The van der Waals surface area contributed by atoms with Crippen molar-refractivity contribution in [3.05, 3.63) is 0 Å². The van der Waals surface area contributed by atoms with Gasteiger partial charge in [-0.1, -0.05) is 13.8 Å². The Hall–Kier alpha value is -1.06. The van der Waals surface area contributed by atoms with Gasteiger partial charge in [0.25, 0.3) is 0 Å². The van der Waals surface area contributed by atoms with E-state index in [-0.39, 0.29) is 11.9 Å². The van der Waals surface area contributed by atoms with Gasteiger partial charge in [0.15, 0.2) is 0 Å². The van der Waals surface area contributed by atoms with E-state index >= 15 is 0 Å². The maximum atomic E-state index is 11.3. The van der Waals surface area contributed by atoms with Crippen LogP contribution in [0, 0.1) is 0 Å². The summed E-state index contributed by atoms with van der Waals surface area (Å²) in [7, 11) is 0. The first-order valence-electron chi connectivity index (χ1n) is 5.18. The molecule has 0 aliphatic heterocycles. The van der Waals surface area contributed by atoms with Crippen molar-refractivity contribution in [3.8, 4) is 0 Å². The van der Waals surface area contributed by atoms with Crippen LogP contribution in [-0.4, -0.2) is 24.3 Å². The highest BCUT2D eigenvalue weighted by molar-refractivity contribution is 5.81. The summed E-state index contributed by atoms with van der Waals surface area (Å²) in [4.78, 5) is 15.3. The molecular formula is C10H21N3O. The van der Waals surface area contributed by atoms with E-state index in [9.17, 15) is 4.79 Å². The molecule has 0 aromatic heterocycles. The summed E-state index contributed by atoms with van der Waals surface area (Å²) in [6.45, 7) is 6.46. The van der Waals surface area contributed by atoms with Crippen LogP contribution < -0.4 is 11.1 Å². The number of amides is 1. The van der Waals surface area contributed by atoms with E-state index in [2.05, 4.69) is 10.3 Å². The molecule has 0 saturated carbocycles. The molecule has 3 N–H and O–H groups in total. The van der Waals surface area contributed by atoms with Crippen LogP contribution in [0.3, 0.4) is 0 Å². The van der Waals surface area contributed by atoms with Crippen molar-refractivity contribution >= 4 is 11.7 Å². The Balaban J connectivity index is 3.64. The third-order valence-electron chi connectivity index (χ3n) is 2.04. The third kappa shape index (κ3) is 6.46. The molecule has 0 bridgehead atoms. The Labute approximate surface area is 86.0 Å². The van der Waals surface area contributed by atoms with Gasteiger partial charge in [0, 0.05) is 25.4 Å². The number of hydrogen-bond donors (Lipinski definition) is 2. The fraction of sp³-hybridized carbons (Fsp3) is 0.800. The maximum Gasteiger partial charge on any atom is 0.222 e. The summed E-state index contributed by atoms with van der Waals surface area (Å²) in [5, 5.41) is 2.87. The Kier molecular flexibility index (Phi) is 6.80. The average Bonchev–Trinajstić information content (AvgIpc) is 2.17. The second-order valence-electron chi connectivity index (χ2n) is 3.35. The summed E-state index contributed by atoms with van der Waals surface area (Å²) < 4.78 is 0. The molecule has 0 aromatic carbocycles. The van der Waals surface area contributed by atoms with Gasteiger partial charge in [0.05, 0.1) is 5.84 Å². The van der Waals surface area contributed by atoms with Crippen molar-refractivity contribution in [2.24, 2.45) is 10.7 Å². The molecule has 0 fully saturated rings. The third-order valence-corrected chi connectivity index (χ3v) is 2.04. The number of nitrogens with one attached hydrogen (secondary N) is 1. The second-order valence-corrected chi connectivity index (χ2v) is 3.35. The topological polar surface area (TPSA) is 67.5 Å². The molecule has 14 heavy (non-hydrogen) atoms. The zero-order valence-electron chi connectivity index (χ0n) is 9.34. The zero-order valence-corrected chi connectivity index (χ0v) is 9.34. The minimum absolute atomic E-state index is 0.0482. The molecule has 0 saturated heterocycles. The van der Waals surface area contributed by atoms with E-state index in [1.807, 2.05) is 20.8 Å². The molecule has 0 aliphatic rings. The van der Waals surface area contributed by atoms with Crippen LogP contribution in [0.15, 0.2) is 4.99 Å². The molecule has 0 aromatic rings. The highest BCUT2D eigenvalue weighted by atomic mass is 16.1. The van der Waals surface area contributed by atoms with Crippen molar-refractivity contribution in [2.75, 3.05) is 6.54 Å². The first kappa shape index (κ1) is 12.9. The summed E-state index contributed by atoms with van der Waals surface area (Å²) in [6.07, 6.45) is 2.12. The van der Waals surface area contributed by atoms with Crippen LogP contribution in [0.1, 0.15) is 40.0 Å². The van der Waals surface area contributed by atoms with Gasteiger partial charge in [0.2, 0.25) is 5.91 Å². The van der Waals surface area contributed by atoms with Crippen molar-refractivity contribution in [3.63, 3.8) is 0 Å². The number of nitrogens with two attached hydrogens (primary N) is 1. The van der Waals surface area contributed by atoms with Crippen molar-refractivity contribution in [1.82, 2.24) is 5.32 Å². The first-order chi connectivity index (χ1) is 6.60. The van der Waals surface area contributed by atoms with Gasteiger partial charge in [-0.25, -0.2) is 0 Å². The van der Waals surface area contributed by atoms with Gasteiger partial charge in [-0.2, -0.15) is 0 Å². The molecule has 4 heteroatoms. The number of carbonyl (C=O) groups excluding carboxylic acids is 1. The standard InChI is InChI=1S/C10H21N3O/c1-4-8(3)13-10(14)6-7-12-9(11)5-2/h8H,4-7H2,1-3H3,(H2,11,12)(H,13,14). The van der Waals surface area contributed by atoms with Gasteiger partial charge in [-0.15, -0.1) is 0 Å². The van der Waals surface area contributed by atoms with Gasteiger partial charge in [0.1, 0.15) is 0 Å². The quantitative estimate of drug-likeness (QED) is 0.496. The number of nitrogens with zero attached hydrogens (tertiary/aromatic N) is 1. The Morgan fingerprint density at radius 3 is 2.64 bits per heavy atom. The maximum absolute atomic E-state index is 11.3. The van der Waals surface area contributed by atoms with Gasteiger partial charge >= 0.3 is 0 Å². The Morgan fingerprint density at radius 1 is 1.50 bits per heavy atom. The Morgan fingerprint density at radius 2 is 2.14 bits per heavy atom. The lowest BCUT2D eigenvalue weighted by molar-refractivity contribution is -0.121. The molecule has 0 rings (SSSR count). The van der Waals surface area contributed by atoms with Gasteiger partial charge in [-0.3, -0.25) is 9.79 Å². The summed E-state index contributed by atoms with van der Waals surface area (Å²) in [5.74, 6) is 0.661. The van der Waals surface area contributed by atoms with E-state index in [0.717, 1.165) is 12.8 Å². The van der Waals surface area contributed by atoms with E-state index in [1.165, 1.54) is 0 Å². The second kappa shape index (κ2) is 7.35. The number of amidine groups is 1. The van der Waals surface area contributed by atoms with Crippen molar-refractivity contribution < 1.29 is 4.79 Å². The van der Waals surface area contributed by atoms with Crippen LogP contribution in [0.2, 0.25) is 0 Å². The molecule has 0 heterocycles. The predicted molar refractivity (Wildman–Crippen MR) is 59.3 cm³/mol. The van der Waals surface area contributed by atoms with E-state index in [0.29, 0.717) is 18.8 Å². The number of carbonyl (C=O) groups is 1. The lowest BCUT2D eigenvalue weighted by Crippen LogP contribution is -2.32. The number of aliphatic imine (C=N–C) groups is 1. The normalized spacial score (nSPS) is 13.8. The van der Waals surface area contributed by atoms with E-state index in [1.54, 1.807) is 0 Å². The molecular weight excluding hydrogens is 178 g/mol. The number of hydrogen-bond acceptors (Lipinski definition) is 2. The fourth-order valence-corrected chi connectivity index (χ4v) is 0.862. The smallest absolute Gasteiger partial charge is 0.222 e. The van der Waals surface area contributed by atoms with Gasteiger partial charge in [-0.05, 0) is 13.3 Å². The minimum Gasteiger partial charge on any atom is -0.387 e. The average molecular weight is 199 g/mol. The highest BCUT2D eigenvalue weighted by Gasteiger charge is 2.03. The van der Waals surface area contributed by atoms with Crippen LogP contribution in [0.25, 0.3) is 0 Å². The predicted octanol–water partition coefficient (Wildman–Crippen LogP) is 1.06. The molecule has 0 spiro atoms. The zero-order chi connectivity index (χ0) is 11.0. The summed E-state index contributed by atoms with van der Waals surface area (Å²) in [6, 6.07) is 0.245. The van der Waals surface area contributed by atoms with Crippen molar-refractivity contribution in [1.29, 1.82) is 0 Å². The van der Waals surface area contributed by atoms with E-state index < -0.39 is 0 Å². The summed E-state index contributed by atoms with van der Waals surface area (Å²) in [5.41, 5.74) is 5.50. The van der Waals surface area contributed by atoms with Crippen LogP contribution in [0.5, 0.6) is 0 Å². The SMILES string of the molecule is CCC(N)=NCCC(=O)NC(C)CC. The molecule has 0 radical (unpaired) electrons. The van der Waals surface area contributed by atoms with Crippen molar-refractivity contribution in [2.45, 2.75) is 46.1 Å². The monoisotopic (exact) mass is 199 g/mol. The van der Waals surface area contributed by atoms with Crippen LogP contribution >= 0.6 is 0 Å². The van der Waals surface area contributed by atoms with Gasteiger partial charge < -0.3 is 11.1 Å². The molecule has 0 aliphatic carbocycles. The van der Waals surface area contributed by atoms with Crippen LogP contribution in [-0.2, 0) is 4.79 Å². The fourth-order valence-electron chi connectivity index (χ4n) is 0.862. The van der Waals surface area contributed by atoms with Crippen LogP contribution in [0.4, 0.5) is 0 Å². The number of rotatable bonds is 6. The lowest BCUT2D eigenvalue weighted by Gasteiger charge is -2.10. The molecule has 4 nitrogen and oxygen atoms in total. The molecule has 1 unspecified atom stereocenters. The highest BCUT2D eigenvalue weighted by Crippen LogP contribution is 1.90. The minimum atomic E-state index is 0.0482. The lowest BCUT2D eigenvalue weighted by atomic mass is 10.2. The van der Waals surface area contributed by atoms with E-state index in [4.69, 9.17) is 5.73 Å². The summed E-state index contributed by atoms with van der Waals surface area (Å²) >= 11 is 0. The first-order valence-corrected chi connectivity index (χ1v) is 5.18. The molecule has 1 atom stereocenters. The molecule has 82 valence electrons. The Bertz CT molecular complexity index is 202.